The second kappa shape index (κ2) is 4.46. The number of hydrogen-bond acceptors (Lipinski definition) is 4. The molecule has 1 amide bonds. The molecule has 3 N–H and O–H groups in total. The molecule has 84 valence electrons. The second-order valence-corrected chi connectivity index (χ2v) is 4.27. The van der Waals surface area contributed by atoms with E-state index in [1.807, 2.05) is 17.5 Å². The molecule has 0 spiro atoms. The summed E-state index contributed by atoms with van der Waals surface area (Å²) in [5.74, 6) is 5.66. The van der Waals surface area contributed by atoms with Crippen LogP contribution in [0.2, 0.25) is 0 Å². The van der Waals surface area contributed by atoms with Crippen molar-refractivity contribution in [1.29, 1.82) is 0 Å². The summed E-state index contributed by atoms with van der Waals surface area (Å²) < 4.78 is 1.80. The van der Waals surface area contributed by atoms with Crippen LogP contribution in [-0.4, -0.2) is 15.5 Å². The maximum absolute atomic E-state index is 11.5. The lowest BCUT2D eigenvalue weighted by Gasteiger charge is -2.13. The Morgan fingerprint density at radius 3 is 3.12 bits per heavy atom. The molecule has 0 bridgehead atoms. The van der Waals surface area contributed by atoms with Crippen LogP contribution in [0, 0.1) is 0 Å². The SMILES string of the molecule is CC(C(=O)NN)n1ccnc1-c1cccs1. The Labute approximate surface area is 96.9 Å². The van der Waals surface area contributed by atoms with Crippen LogP contribution >= 0.6 is 11.3 Å². The van der Waals surface area contributed by atoms with Crippen molar-refractivity contribution in [3.05, 3.63) is 29.9 Å². The topological polar surface area (TPSA) is 72.9 Å². The standard InChI is InChI=1S/C10H12N4OS/c1-7(10(15)13-11)14-5-4-12-9(14)8-3-2-6-16-8/h2-7H,11H2,1H3,(H,13,15). The normalized spacial score (nSPS) is 12.4. The molecule has 0 saturated heterocycles. The number of imidazole rings is 1. The van der Waals surface area contributed by atoms with Crippen molar-refractivity contribution in [2.75, 3.05) is 0 Å². The van der Waals surface area contributed by atoms with E-state index in [4.69, 9.17) is 5.84 Å². The molecule has 0 aromatic carbocycles. The van der Waals surface area contributed by atoms with Gasteiger partial charge >= 0.3 is 0 Å². The van der Waals surface area contributed by atoms with Gasteiger partial charge in [-0.25, -0.2) is 10.8 Å². The summed E-state index contributed by atoms with van der Waals surface area (Å²) in [5.41, 5.74) is 2.14. The zero-order chi connectivity index (χ0) is 11.5. The Balaban J connectivity index is 2.36. The zero-order valence-electron chi connectivity index (χ0n) is 8.75. The summed E-state index contributed by atoms with van der Waals surface area (Å²) >= 11 is 1.59. The van der Waals surface area contributed by atoms with Gasteiger partial charge in [-0.1, -0.05) is 6.07 Å². The van der Waals surface area contributed by atoms with Crippen LogP contribution in [0.25, 0.3) is 10.7 Å². The number of amides is 1. The first-order valence-electron chi connectivity index (χ1n) is 4.81. The minimum absolute atomic E-state index is 0.240. The van der Waals surface area contributed by atoms with E-state index in [1.54, 1.807) is 35.2 Å². The highest BCUT2D eigenvalue weighted by Crippen LogP contribution is 2.25. The number of carbonyl (C=O) groups excluding carboxylic acids is 1. The third-order valence-corrected chi connectivity index (χ3v) is 3.21. The highest BCUT2D eigenvalue weighted by Gasteiger charge is 2.17. The molecule has 0 saturated carbocycles. The van der Waals surface area contributed by atoms with Crippen molar-refractivity contribution in [2.24, 2.45) is 5.84 Å². The first-order valence-corrected chi connectivity index (χ1v) is 5.69. The van der Waals surface area contributed by atoms with Gasteiger partial charge in [0, 0.05) is 12.4 Å². The molecule has 6 heteroatoms. The fraction of sp³-hybridized carbons (Fsp3) is 0.200. The first-order chi connectivity index (χ1) is 7.74. The van der Waals surface area contributed by atoms with Gasteiger partial charge in [-0.05, 0) is 18.4 Å². The van der Waals surface area contributed by atoms with Crippen molar-refractivity contribution in [3.8, 4) is 10.7 Å². The van der Waals surface area contributed by atoms with Gasteiger partial charge < -0.3 is 4.57 Å². The van der Waals surface area contributed by atoms with E-state index in [0.717, 1.165) is 10.7 Å². The molecule has 16 heavy (non-hydrogen) atoms. The van der Waals surface area contributed by atoms with Crippen molar-refractivity contribution in [2.45, 2.75) is 13.0 Å². The monoisotopic (exact) mass is 236 g/mol. The molecule has 0 aliphatic heterocycles. The summed E-state index contributed by atoms with van der Waals surface area (Å²) in [6, 6.07) is 3.55. The van der Waals surface area contributed by atoms with Crippen LogP contribution in [0.4, 0.5) is 0 Å². The number of nitrogens with zero attached hydrogens (tertiary/aromatic N) is 2. The molecule has 2 rings (SSSR count). The van der Waals surface area contributed by atoms with Crippen LogP contribution < -0.4 is 11.3 Å². The Bertz CT molecular complexity index is 477. The number of nitrogens with one attached hydrogen (secondary N) is 1. The van der Waals surface area contributed by atoms with E-state index in [0.29, 0.717) is 0 Å². The predicted octanol–water partition coefficient (Wildman–Crippen LogP) is 1.16. The van der Waals surface area contributed by atoms with Crippen molar-refractivity contribution < 1.29 is 4.79 Å². The lowest BCUT2D eigenvalue weighted by atomic mass is 10.3. The van der Waals surface area contributed by atoms with E-state index in [-0.39, 0.29) is 11.9 Å². The Kier molecular flexibility index (Phi) is 3.02. The van der Waals surface area contributed by atoms with Gasteiger partial charge in [0.15, 0.2) is 5.82 Å². The maximum Gasteiger partial charge on any atom is 0.256 e. The molecule has 0 radical (unpaired) electrons. The molecule has 0 fully saturated rings. The molecule has 2 heterocycles. The third-order valence-electron chi connectivity index (χ3n) is 2.35. The fourth-order valence-electron chi connectivity index (χ4n) is 1.47. The zero-order valence-corrected chi connectivity index (χ0v) is 9.57. The van der Waals surface area contributed by atoms with Gasteiger partial charge in [0.25, 0.3) is 5.91 Å². The molecule has 2 aromatic heterocycles. The lowest BCUT2D eigenvalue weighted by Crippen LogP contribution is -2.35. The fourth-order valence-corrected chi connectivity index (χ4v) is 2.19. The molecule has 0 aliphatic rings. The average Bonchev–Trinajstić information content (AvgIpc) is 2.95. The minimum atomic E-state index is -0.371. The largest absolute Gasteiger partial charge is 0.318 e. The minimum Gasteiger partial charge on any atom is -0.318 e. The molecule has 2 aromatic rings. The van der Waals surface area contributed by atoms with Crippen molar-refractivity contribution >= 4 is 17.2 Å². The van der Waals surface area contributed by atoms with E-state index in [9.17, 15) is 4.79 Å². The Morgan fingerprint density at radius 2 is 2.50 bits per heavy atom. The van der Waals surface area contributed by atoms with Gasteiger partial charge in [0.2, 0.25) is 0 Å². The molecular formula is C10H12N4OS. The summed E-state index contributed by atoms with van der Waals surface area (Å²) in [5, 5.41) is 1.97. The number of thiophene rings is 1. The molecule has 5 nitrogen and oxygen atoms in total. The third kappa shape index (κ3) is 1.84. The quantitative estimate of drug-likeness (QED) is 0.477. The molecular weight excluding hydrogens is 224 g/mol. The van der Waals surface area contributed by atoms with Crippen LogP contribution in [0.15, 0.2) is 29.9 Å². The number of hydrogen-bond donors (Lipinski definition) is 2. The summed E-state index contributed by atoms with van der Waals surface area (Å²) in [6.45, 7) is 1.78. The number of nitrogens with two attached hydrogens (primary N) is 1. The maximum atomic E-state index is 11.5. The summed E-state index contributed by atoms with van der Waals surface area (Å²) in [4.78, 5) is 16.7. The van der Waals surface area contributed by atoms with E-state index >= 15 is 0 Å². The van der Waals surface area contributed by atoms with Gasteiger partial charge in [-0.3, -0.25) is 10.2 Å². The van der Waals surface area contributed by atoms with Crippen molar-refractivity contribution in [1.82, 2.24) is 15.0 Å². The van der Waals surface area contributed by atoms with Crippen LogP contribution in [-0.2, 0) is 4.79 Å². The highest BCUT2D eigenvalue weighted by molar-refractivity contribution is 7.13. The van der Waals surface area contributed by atoms with Gasteiger partial charge in [-0.2, -0.15) is 0 Å². The van der Waals surface area contributed by atoms with E-state index < -0.39 is 0 Å². The van der Waals surface area contributed by atoms with Gasteiger partial charge in [-0.15, -0.1) is 11.3 Å². The number of rotatable bonds is 3. The Hall–Kier alpha value is -1.66. The number of aromatic nitrogens is 2. The van der Waals surface area contributed by atoms with E-state index in [2.05, 4.69) is 10.4 Å². The second-order valence-electron chi connectivity index (χ2n) is 3.32. The average molecular weight is 236 g/mol. The smallest absolute Gasteiger partial charge is 0.256 e. The predicted molar refractivity (Wildman–Crippen MR) is 62.6 cm³/mol. The first kappa shape index (κ1) is 10.8. The molecule has 0 aliphatic carbocycles. The van der Waals surface area contributed by atoms with Gasteiger partial charge in [0.1, 0.15) is 6.04 Å². The molecule has 1 unspecified atom stereocenters. The van der Waals surface area contributed by atoms with Crippen LogP contribution in [0.1, 0.15) is 13.0 Å². The van der Waals surface area contributed by atoms with Crippen LogP contribution in [0.5, 0.6) is 0 Å². The highest BCUT2D eigenvalue weighted by atomic mass is 32.1. The number of hydrazine groups is 1. The van der Waals surface area contributed by atoms with Crippen LogP contribution in [0.3, 0.4) is 0 Å². The molecule has 1 atom stereocenters. The van der Waals surface area contributed by atoms with Gasteiger partial charge in [0.05, 0.1) is 4.88 Å². The Morgan fingerprint density at radius 1 is 1.69 bits per heavy atom. The van der Waals surface area contributed by atoms with Crippen molar-refractivity contribution in [3.63, 3.8) is 0 Å². The number of carbonyl (C=O) groups is 1. The summed E-state index contributed by atoms with van der Waals surface area (Å²) in [7, 11) is 0. The summed E-state index contributed by atoms with van der Waals surface area (Å²) in [6.07, 6.45) is 3.45. The van der Waals surface area contributed by atoms with E-state index in [1.165, 1.54) is 0 Å². The lowest BCUT2D eigenvalue weighted by molar-refractivity contribution is -0.123.